The van der Waals surface area contributed by atoms with Crippen LogP contribution in [0.5, 0.6) is 0 Å². The SMILES string of the molecule is CCCS(=O)(=O)CCC1CCCC1N. The van der Waals surface area contributed by atoms with Gasteiger partial charge >= 0.3 is 0 Å². The standard InChI is InChI=1S/C10H21NO2S/c1-2-7-14(12,13)8-6-9-4-3-5-10(9)11/h9-10H,2-8,11H2,1H3. The van der Waals surface area contributed by atoms with Gasteiger partial charge in [-0.15, -0.1) is 0 Å². The normalized spacial score (nSPS) is 28.1. The molecule has 1 aliphatic rings. The van der Waals surface area contributed by atoms with E-state index in [9.17, 15) is 8.42 Å². The molecule has 0 aromatic carbocycles. The molecule has 0 bridgehead atoms. The van der Waals surface area contributed by atoms with Crippen LogP contribution in [-0.4, -0.2) is 26.0 Å². The molecule has 4 heteroatoms. The predicted molar refractivity (Wildman–Crippen MR) is 58.9 cm³/mol. The zero-order valence-electron chi connectivity index (χ0n) is 8.91. The molecular weight excluding hydrogens is 198 g/mol. The highest BCUT2D eigenvalue weighted by Gasteiger charge is 2.25. The molecule has 2 N–H and O–H groups in total. The van der Waals surface area contributed by atoms with E-state index < -0.39 is 9.84 Å². The third kappa shape index (κ3) is 3.58. The maximum Gasteiger partial charge on any atom is 0.150 e. The third-order valence-electron chi connectivity index (χ3n) is 3.03. The Bertz CT molecular complexity index is 261. The second kappa shape index (κ2) is 5.12. The Labute approximate surface area is 87.0 Å². The molecule has 2 unspecified atom stereocenters. The van der Waals surface area contributed by atoms with Gasteiger partial charge in [-0.3, -0.25) is 0 Å². The molecule has 1 saturated carbocycles. The van der Waals surface area contributed by atoms with Crippen molar-refractivity contribution in [3.8, 4) is 0 Å². The van der Waals surface area contributed by atoms with Gasteiger partial charge in [0.1, 0.15) is 9.84 Å². The molecule has 0 spiro atoms. The van der Waals surface area contributed by atoms with Crippen molar-refractivity contribution in [2.45, 2.75) is 45.1 Å². The van der Waals surface area contributed by atoms with E-state index >= 15 is 0 Å². The van der Waals surface area contributed by atoms with Crippen LogP contribution >= 0.6 is 0 Å². The van der Waals surface area contributed by atoms with Crippen molar-refractivity contribution in [3.05, 3.63) is 0 Å². The van der Waals surface area contributed by atoms with Gasteiger partial charge in [0.25, 0.3) is 0 Å². The number of rotatable bonds is 5. The smallest absolute Gasteiger partial charge is 0.150 e. The minimum Gasteiger partial charge on any atom is -0.327 e. The van der Waals surface area contributed by atoms with Crippen molar-refractivity contribution in [2.75, 3.05) is 11.5 Å². The molecule has 1 rings (SSSR count). The molecule has 0 aliphatic heterocycles. The van der Waals surface area contributed by atoms with E-state index in [1.807, 2.05) is 6.92 Å². The molecule has 2 atom stereocenters. The Balaban J connectivity index is 2.32. The highest BCUT2D eigenvalue weighted by molar-refractivity contribution is 7.91. The van der Waals surface area contributed by atoms with E-state index in [-0.39, 0.29) is 6.04 Å². The molecule has 0 aromatic heterocycles. The molecule has 0 amide bonds. The van der Waals surface area contributed by atoms with Gasteiger partial charge in [-0.1, -0.05) is 13.3 Å². The van der Waals surface area contributed by atoms with Crippen LogP contribution in [0.25, 0.3) is 0 Å². The zero-order valence-corrected chi connectivity index (χ0v) is 9.72. The van der Waals surface area contributed by atoms with Gasteiger partial charge in [0.2, 0.25) is 0 Å². The summed E-state index contributed by atoms with van der Waals surface area (Å²) in [5.41, 5.74) is 5.89. The lowest BCUT2D eigenvalue weighted by Gasteiger charge is -2.14. The Morgan fingerprint density at radius 2 is 2.00 bits per heavy atom. The van der Waals surface area contributed by atoms with Crippen LogP contribution in [0.1, 0.15) is 39.0 Å². The highest BCUT2D eigenvalue weighted by Crippen LogP contribution is 2.27. The molecule has 0 aromatic rings. The van der Waals surface area contributed by atoms with Gasteiger partial charge in [0, 0.05) is 11.8 Å². The minimum absolute atomic E-state index is 0.242. The molecule has 3 nitrogen and oxygen atoms in total. The van der Waals surface area contributed by atoms with Gasteiger partial charge in [0.15, 0.2) is 0 Å². The van der Waals surface area contributed by atoms with E-state index in [2.05, 4.69) is 0 Å². The molecule has 0 radical (unpaired) electrons. The van der Waals surface area contributed by atoms with Crippen LogP contribution < -0.4 is 5.73 Å². The Morgan fingerprint density at radius 1 is 1.29 bits per heavy atom. The highest BCUT2D eigenvalue weighted by atomic mass is 32.2. The second-order valence-electron chi connectivity index (χ2n) is 4.30. The lowest BCUT2D eigenvalue weighted by Crippen LogP contribution is -2.26. The number of hydrogen-bond acceptors (Lipinski definition) is 3. The maximum atomic E-state index is 11.5. The summed E-state index contributed by atoms with van der Waals surface area (Å²) in [4.78, 5) is 0. The first-order valence-corrected chi connectivity index (χ1v) is 7.33. The molecular formula is C10H21NO2S. The Kier molecular flexibility index (Phi) is 4.38. The predicted octanol–water partition coefficient (Wildman–Crippen LogP) is 1.33. The van der Waals surface area contributed by atoms with E-state index in [0.717, 1.165) is 25.7 Å². The van der Waals surface area contributed by atoms with Crippen LogP contribution in [0.3, 0.4) is 0 Å². The maximum absolute atomic E-state index is 11.5. The van der Waals surface area contributed by atoms with E-state index in [1.54, 1.807) is 0 Å². The summed E-state index contributed by atoms with van der Waals surface area (Å²) < 4.78 is 22.9. The van der Waals surface area contributed by atoms with Gasteiger partial charge in [-0.25, -0.2) is 8.42 Å². The largest absolute Gasteiger partial charge is 0.327 e. The van der Waals surface area contributed by atoms with Crippen molar-refractivity contribution in [3.63, 3.8) is 0 Å². The fraction of sp³-hybridized carbons (Fsp3) is 1.00. The monoisotopic (exact) mass is 219 g/mol. The summed E-state index contributed by atoms with van der Waals surface area (Å²) in [7, 11) is -2.80. The fourth-order valence-corrected chi connectivity index (χ4v) is 3.66. The Morgan fingerprint density at radius 3 is 2.50 bits per heavy atom. The van der Waals surface area contributed by atoms with E-state index in [1.165, 1.54) is 6.42 Å². The van der Waals surface area contributed by atoms with Crippen LogP contribution in [0.2, 0.25) is 0 Å². The molecule has 14 heavy (non-hydrogen) atoms. The molecule has 84 valence electrons. The van der Waals surface area contributed by atoms with Crippen LogP contribution in [0.4, 0.5) is 0 Å². The first kappa shape index (κ1) is 12.0. The van der Waals surface area contributed by atoms with Gasteiger partial charge < -0.3 is 5.73 Å². The number of sulfone groups is 1. The average Bonchev–Trinajstić information content (AvgIpc) is 2.48. The topological polar surface area (TPSA) is 60.2 Å². The summed E-state index contributed by atoms with van der Waals surface area (Å²) in [5.74, 6) is 1.11. The third-order valence-corrected chi connectivity index (χ3v) is 4.92. The Hall–Kier alpha value is -0.0900. The summed E-state index contributed by atoms with van der Waals surface area (Å²) in [6.07, 6.45) is 4.84. The molecule has 0 saturated heterocycles. The minimum atomic E-state index is -2.80. The van der Waals surface area contributed by atoms with Crippen molar-refractivity contribution in [2.24, 2.45) is 11.7 Å². The van der Waals surface area contributed by atoms with E-state index in [4.69, 9.17) is 5.73 Å². The summed E-state index contributed by atoms with van der Waals surface area (Å²) in [6, 6.07) is 0.242. The lowest BCUT2D eigenvalue weighted by atomic mass is 10.0. The van der Waals surface area contributed by atoms with Crippen molar-refractivity contribution in [1.82, 2.24) is 0 Å². The van der Waals surface area contributed by atoms with Crippen molar-refractivity contribution < 1.29 is 8.42 Å². The second-order valence-corrected chi connectivity index (χ2v) is 6.60. The van der Waals surface area contributed by atoms with Crippen LogP contribution in [0.15, 0.2) is 0 Å². The number of hydrogen-bond donors (Lipinski definition) is 1. The zero-order chi connectivity index (χ0) is 10.6. The van der Waals surface area contributed by atoms with Crippen LogP contribution in [-0.2, 0) is 9.84 Å². The first-order valence-electron chi connectivity index (χ1n) is 5.51. The van der Waals surface area contributed by atoms with Gasteiger partial charge in [0.05, 0.1) is 5.75 Å². The molecule has 0 heterocycles. The van der Waals surface area contributed by atoms with Gasteiger partial charge in [-0.2, -0.15) is 0 Å². The summed E-state index contributed by atoms with van der Waals surface area (Å²) in [5, 5.41) is 0. The van der Waals surface area contributed by atoms with Crippen LogP contribution in [0, 0.1) is 5.92 Å². The first-order chi connectivity index (χ1) is 6.55. The average molecular weight is 219 g/mol. The van der Waals surface area contributed by atoms with Crippen molar-refractivity contribution in [1.29, 1.82) is 0 Å². The summed E-state index contributed by atoms with van der Waals surface area (Å²) >= 11 is 0. The quantitative estimate of drug-likeness (QED) is 0.759. The molecule has 1 fully saturated rings. The number of nitrogens with two attached hydrogens (primary N) is 1. The van der Waals surface area contributed by atoms with E-state index in [0.29, 0.717) is 17.4 Å². The van der Waals surface area contributed by atoms with Crippen molar-refractivity contribution >= 4 is 9.84 Å². The van der Waals surface area contributed by atoms with Gasteiger partial charge in [-0.05, 0) is 31.6 Å². The fourth-order valence-electron chi connectivity index (χ4n) is 2.17. The molecule has 1 aliphatic carbocycles. The lowest BCUT2D eigenvalue weighted by molar-refractivity contribution is 0.464. The summed E-state index contributed by atoms with van der Waals surface area (Å²) in [6.45, 7) is 1.90.